The van der Waals surface area contributed by atoms with Crippen molar-refractivity contribution in [1.29, 1.82) is 0 Å². The molecule has 0 saturated heterocycles. The third kappa shape index (κ3) is 33.9. The summed E-state index contributed by atoms with van der Waals surface area (Å²) in [5.41, 5.74) is 0. The Balaban J connectivity index is 0. The molecule has 0 aliphatic heterocycles. The SMILES string of the molecule is C=CF.[Pt]. The van der Waals surface area contributed by atoms with Gasteiger partial charge in [-0.3, -0.25) is 0 Å². The molecular weight excluding hydrogens is 238 g/mol. The van der Waals surface area contributed by atoms with Crippen LogP contribution in [0.15, 0.2) is 12.9 Å². The van der Waals surface area contributed by atoms with Crippen molar-refractivity contribution in [2.24, 2.45) is 0 Å². The van der Waals surface area contributed by atoms with Gasteiger partial charge in [-0.15, -0.1) is 0 Å². The maximum atomic E-state index is 10.1. The minimum absolute atomic E-state index is 0. The van der Waals surface area contributed by atoms with E-state index in [0.717, 1.165) is 0 Å². The van der Waals surface area contributed by atoms with Gasteiger partial charge < -0.3 is 0 Å². The normalized spacial score (nSPS) is 3.25. The fourth-order valence-corrected chi connectivity index (χ4v) is 0. The fraction of sp³-hybridized carbons (Fsp3) is 0. The van der Waals surface area contributed by atoms with E-state index in [1.807, 2.05) is 0 Å². The first-order chi connectivity index (χ1) is 1.41. The zero-order valence-corrected chi connectivity index (χ0v) is 4.25. The van der Waals surface area contributed by atoms with E-state index in [-0.39, 0.29) is 27.4 Å². The van der Waals surface area contributed by atoms with Crippen molar-refractivity contribution in [1.82, 2.24) is 0 Å². The summed E-state index contributed by atoms with van der Waals surface area (Å²) in [5, 5.41) is 0. The van der Waals surface area contributed by atoms with E-state index in [1.165, 1.54) is 0 Å². The zero-order valence-electron chi connectivity index (χ0n) is 1.98. The standard InChI is InChI=1S/C2H3F.Pt/c1-2-3;/h2H,1H2;. The largest absolute Gasteiger partial charge is 0.216 e. The maximum Gasteiger partial charge on any atom is 0.0795 e. The molecule has 0 aliphatic rings. The maximum absolute atomic E-state index is 10.1. The second-order valence-electron chi connectivity index (χ2n) is 0.154. The summed E-state index contributed by atoms with van der Waals surface area (Å²) in [5.74, 6) is 0. The molecule has 0 rings (SSSR count). The van der Waals surface area contributed by atoms with E-state index in [0.29, 0.717) is 0 Å². The third-order valence-corrected chi connectivity index (χ3v) is 0. The summed E-state index contributed by atoms with van der Waals surface area (Å²) in [6, 6.07) is 0. The molecule has 2 heteroatoms. The van der Waals surface area contributed by atoms with Gasteiger partial charge in [0.15, 0.2) is 0 Å². The van der Waals surface area contributed by atoms with E-state index in [4.69, 9.17) is 0 Å². The van der Waals surface area contributed by atoms with Crippen LogP contribution in [0.4, 0.5) is 4.39 Å². The molecule has 0 fully saturated rings. The molecule has 28 valence electrons. The Morgan fingerprint density at radius 1 is 1.75 bits per heavy atom. The average Bonchev–Trinajstić information content (AvgIpc) is 0.918. The molecule has 0 aliphatic carbocycles. The predicted molar refractivity (Wildman–Crippen MR) is 11.3 cm³/mol. The Bertz CT molecular complexity index is 13.5. The molecule has 0 aromatic heterocycles. The van der Waals surface area contributed by atoms with Crippen LogP contribution in [0.5, 0.6) is 0 Å². The summed E-state index contributed by atoms with van der Waals surface area (Å²) < 4.78 is 10.1. The van der Waals surface area contributed by atoms with Gasteiger partial charge in [-0.1, -0.05) is 6.58 Å². The summed E-state index contributed by atoms with van der Waals surface area (Å²) in [6.45, 7) is 2.69. The van der Waals surface area contributed by atoms with Crippen LogP contribution in [-0.2, 0) is 21.1 Å². The zero-order chi connectivity index (χ0) is 2.71. The minimum atomic E-state index is 0. The van der Waals surface area contributed by atoms with Crippen LogP contribution >= 0.6 is 0 Å². The summed E-state index contributed by atoms with van der Waals surface area (Å²) >= 11 is 0. The van der Waals surface area contributed by atoms with Gasteiger partial charge in [-0.05, 0) is 0 Å². The molecule has 0 amide bonds. The third-order valence-electron chi connectivity index (χ3n) is 0. The van der Waals surface area contributed by atoms with Gasteiger partial charge in [0.25, 0.3) is 0 Å². The van der Waals surface area contributed by atoms with Crippen molar-refractivity contribution in [3.8, 4) is 0 Å². The van der Waals surface area contributed by atoms with Crippen LogP contribution in [-0.4, -0.2) is 0 Å². The second kappa shape index (κ2) is 10.1. The molecule has 0 N–H and O–H groups in total. The van der Waals surface area contributed by atoms with Crippen LogP contribution in [0.1, 0.15) is 0 Å². The first-order valence-electron chi connectivity index (χ1n) is 0.626. The van der Waals surface area contributed by atoms with Crippen LogP contribution < -0.4 is 0 Å². The first-order valence-corrected chi connectivity index (χ1v) is 0.626. The Morgan fingerprint density at radius 2 is 1.75 bits per heavy atom. The summed E-state index contributed by atoms with van der Waals surface area (Å²) in [4.78, 5) is 0. The number of hydrogen-bond acceptors (Lipinski definition) is 0. The van der Waals surface area contributed by atoms with E-state index in [1.54, 1.807) is 0 Å². The van der Waals surface area contributed by atoms with Crippen molar-refractivity contribution in [2.75, 3.05) is 0 Å². The van der Waals surface area contributed by atoms with Gasteiger partial charge in [0.05, 0.1) is 6.33 Å². The second-order valence-corrected chi connectivity index (χ2v) is 0.154. The average molecular weight is 241 g/mol. The molecule has 0 saturated carbocycles. The number of hydrogen-bond donors (Lipinski definition) is 0. The predicted octanol–water partition coefficient (Wildman–Crippen LogP) is 1.10. The minimum Gasteiger partial charge on any atom is -0.216 e. The molecule has 0 heterocycles. The van der Waals surface area contributed by atoms with Crippen molar-refractivity contribution >= 4 is 0 Å². The van der Waals surface area contributed by atoms with Gasteiger partial charge >= 0.3 is 0 Å². The molecule has 0 unspecified atom stereocenters. The van der Waals surface area contributed by atoms with Crippen LogP contribution in [0.25, 0.3) is 0 Å². The summed E-state index contributed by atoms with van der Waals surface area (Å²) in [7, 11) is 0. The van der Waals surface area contributed by atoms with Crippen molar-refractivity contribution in [2.45, 2.75) is 0 Å². The Morgan fingerprint density at radius 3 is 1.75 bits per heavy atom. The first kappa shape index (κ1) is 8.84. The van der Waals surface area contributed by atoms with Crippen LogP contribution in [0.2, 0.25) is 0 Å². The fourth-order valence-electron chi connectivity index (χ4n) is 0. The smallest absolute Gasteiger partial charge is 0.0795 e. The molecule has 0 radical (unpaired) electrons. The molecule has 4 heavy (non-hydrogen) atoms. The quantitative estimate of drug-likeness (QED) is 0.595. The molecule has 0 aromatic rings. The van der Waals surface area contributed by atoms with E-state index in [2.05, 4.69) is 6.58 Å². The van der Waals surface area contributed by atoms with Crippen molar-refractivity contribution in [3.63, 3.8) is 0 Å². The van der Waals surface area contributed by atoms with Crippen LogP contribution in [0, 0.1) is 0 Å². The number of halogens is 1. The van der Waals surface area contributed by atoms with Gasteiger partial charge in [0.2, 0.25) is 0 Å². The monoisotopic (exact) mass is 241 g/mol. The van der Waals surface area contributed by atoms with Gasteiger partial charge in [-0.2, -0.15) is 0 Å². The van der Waals surface area contributed by atoms with Gasteiger partial charge in [0, 0.05) is 21.1 Å². The van der Waals surface area contributed by atoms with Crippen molar-refractivity contribution < 1.29 is 25.5 Å². The van der Waals surface area contributed by atoms with Gasteiger partial charge in [-0.25, -0.2) is 4.39 Å². The number of rotatable bonds is 0. The van der Waals surface area contributed by atoms with Gasteiger partial charge in [0.1, 0.15) is 0 Å². The molecule has 0 atom stereocenters. The van der Waals surface area contributed by atoms with Crippen LogP contribution in [0.3, 0.4) is 0 Å². The molecule has 0 bridgehead atoms. The molecule has 0 spiro atoms. The van der Waals surface area contributed by atoms with Crippen molar-refractivity contribution in [3.05, 3.63) is 12.9 Å². The van der Waals surface area contributed by atoms with E-state index < -0.39 is 0 Å². The Kier molecular flexibility index (Phi) is 22.4. The Hall–Kier alpha value is 0.358. The molecular formula is C2H3FPt. The Labute approximate surface area is 39.0 Å². The summed E-state index contributed by atoms with van der Waals surface area (Å²) in [6.07, 6.45) is 0.250. The molecule has 0 nitrogen and oxygen atoms in total. The van der Waals surface area contributed by atoms with E-state index in [9.17, 15) is 4.39 Å². The van der Waals surface area contributed by atoms with E-state index >= 15 is 0 Å². The molecule has 0 aromatic carbocycles. The topological polar surface area (TPSA) is 0 Å².